The number of nitrogens with zero attached hydrogens (tertiary/aromatic N) is 1. The molecular weight excluding hydrogens is 318 g/mol. The van der Waals surface area contributed by atoms with Crippen LogP contribution in [0.2, 0.25) is 0 Å². The Balaban J connectivity index is 1.54. The molecule has 0 aliphatic carbocycles. The molecule has 3 aromatic rings. The second kappa shape index (κ2) is 7.92. The normalized spacial score (nSPS) is 10.2. The summed E-state index contributed by atoms with van der Waals surface area (Å²) in [5.41, 5.74) is 2.03. The van der Waals surface area contributed by atoms with Gasteiger partial charge in [-0.15, -0.1) is 0 Å². The van der Waals surface area contributed by atoms with Gasteiger partial charge in [0.25, 0.3) is 5.91 Å². The Kier molecular flexibility index (Phi) is 5.21. The van der Waals surface area contributed by atoms with E-state index in [9.17, 15) is 9.59 Å². The maximum absolute atomic E-state index is 12.0. The number of hydrogen-bond donors (Lipinski definition) is 2. The molecule has 0 aliphatic rings. The van der Waals surface area contributed by atoms with Crippen molar-refractivity contribution in [1.29, 1.82) is 0 Å². The zero-order valence-electron chi connectivity index (χ0n) is 13.4. The summed E-state index contributed by atoms with van der Waals surface area (Å²) >= 11 is 0. The van der Waals surface area contributed by atoms with E-state index in [2.05, 4.69) is 15.6 Å². The molecule has 1 aromatic carbocycles. The zero-order valence-corrected chi connectivity index (χ0v) is 13.4. The topological polar surface area (TPSA) is 84.2 Å². The van der Waals surface area contributed by atoms with E-state index in [0.29, 0.717) is 23.6 Å². The molecule has 0 aliphatic heterocycles. The first-order valence-electron chi connectivity index (χ1n) is 7.82. The van der Waals surface area contributed by atoms with E-state index >= 15 is 0 Å². The Morgan fingerprint density at radius 1 is 0.960 bits per heavy atom. The van der Waals surface area contributed by atoms with Gasteiger partial charge >= 0.3 is 0 Å². The molecule has 2 aromatic heterocycles. The van der Waals surface area contributed by atoms with Crippen molar-refractivity contribution in [2.24, 2.45) is 0 Å². The molecule has 6 heteroatoms. The zero-order chi connectivity index (χ0) is 17.5. The minimum atomic E-state index is -0.284. The summed E-state index contributed by atoms with van der Waals surface area (Å²) in [6, 6.07) is 16.0. The molecule has 0 unspecified atom stereocenters. The Labute approximate surface area is 144 Å². The molecule has 25 heavy (non-hydrogen) atoms. The summed E-state index contributed by atoms with van der Waals surface area (Å²) in [6.45, 7) is 0.202. The maximum Gasteiger partial charge on any atom is 0.251 e. The lowest BCUT2D eigenvalue weighted by atomic mass is 10.1. The summed E-state index contributed by atoms with van der Waals surface area (Å²) < 4.78 is 5.36. The van der Waals surface area contributed by atoms with Crippen LogP contribution in [0.4, 0.5) is 0 Å². The van der Waals surface area contributed by atoms with Crippen LogP contribution < -0.4 is 10.6 Å². The number of aromatic nitrogens is 1. The molecule has 2 heterocycles. The van der Waals surface area contributed by atoms with E-state index in [1.165, 1.54) is 0 Å². The fourth-order valence-electron chi connectivity index (χ4n) is 2.32. The highest BCUT2D eigenvalue weighted by Gasteiger charge is 2.11. The fourth-order valence-corrected chi connectivity index (χ4v) is 2.32. The quantitative estimate of drug-likeness (QED) is 0.724. The highest BCUT2D eigenvalue weighted by molar-refractivity contribution is 5.96. The predicted octanol–water partition coefficient (Wildman–Crippen LogP) is 2.39. The van der Waals surface area contributed by atoms with Crippen LogP contribution in [0, 0.1) is 0 Å². The molecule has 0 bridgehead atoms. The smallest absolute Gasteiger partial charge is 0.251 e. The second-order valence-corrected chi connectivity index (χ2v) is 5.31. The Bertz CT molecular complexity index is 845. The van der Waals surface area contributed by atoms with Gasteiger partial charge in [0.2, 0.25) is 5.91 Å². The summed E-state index contributed by atoms with van der Waals surface area (Å²) in [7, 11) is 0. The van der Waals surface area contributed by atoms with Gasteiger partial charge < -0.3 is 15.1 Å². The predicted molar refractivity (Wildman–Crippen MR) is 92.6 cm³/mol. The van der Waals surface area contributed by atoms with Gasteiger partial charge in [0, 0.05) is 23.9 Å². The number of nitrogens with one attached hydrogen (secondary N) is 2. The molecule has 0 saturated carbocycles. The van der Waals surface area contributed by atoms with Gasteiger partial charge in [-0.3, -0.25) is 14.6 Å². The lowest BCUT2D eigenvalue weighted by Crippen LogP contribution is -2.36. The van der Waals surface area contributed by atoms with Crippen LogP contribution >= 0.6 is 0 Å². The highest BCUT2D eigenvalue weighted by Crippen LogP contribution is 2.21. The third kappa shape index (κ3) is 4.32. The van der Waals surface area contributed by atoms with Crippen molar-refractivity contribution in [3.63, 3.8) is 0 Å². The van der Waals surface area contributed by atoms with Crippen molar-refractivity contribution in [2.75, 3.05) is 6.54 Å². The molecular formula is C19H17N3O3. The van der Waals surface area contributed by atoms with Gasteiger partial charge in [-0.05, 0) is 30.3 Å². The van der Waals surface area contributed by atoms with Crippen molar-refractivity contribution < 1.29 is 14.0 Å². The summed E-state index contributed by atoms with van der Waals surface area (Å²) in [5.74, 6) is 0.0779. The minimum Gasteiger partial charge on any atom is -0.463 e. The van der Waals surface area contributed by atoms with Gasteiger partial charge in [-0.2, -0.15) is 0 Å². The van der Waals surface area contributed by atoms with Crippen LogP contribution in [0.3, 0.4) is 0 Å². The first-order valence-corrected chi connectivity index (χ1v) is 7.82. The molecule has 2 N–H and O–H groups in total. The standard InChI is InChI=1S/C19H17N3O3/c23-17(13-22-19(24)14-6-2-1-3-7-14)21-12-15-8-4-10-20-18(15)16-9-5-11-25-16/h1-11H,12-13H2,(H,21,23)(H,22,24). The maximum atomic E-state index is 12.0. The highest BCUT2D eigenvalue weighted by atomic mass is 16.3. The van der Waals surface area contributed by atoms with E-state index in [1.807, 2.05) is 18.2 Å². The monoisotopic (exact) mass is 335 g/mol. The lowest BCUT2D eigenvalue weighted by Gasteiger charge is -2.09. The molecule has 0 fully saturated rings. The fraction of sp³-hybridized carbons (Fsp3) is 0.105. The average molecular weight is 335 g/mol. The number of benzene rings is 1. The summed E-state index contributed by atoms with van der Waals surface area (Å²) in [4.78, 5) is 28.2. The first kappa shape index (κ1) is 16.4. The van der Waals surface area contributed by atoms with Crippen molar-refractivity contribution in [3.05, 3.63) is 78.2 Å². The van der Waals surface area contributed by atoms with E-state index in [0.717, 1.165) is 5.56 Å². The molecule has 126 valence electrons. The Morgan fingerprint density at radius 2 is 1.80 bits per heavy atom. The largest absolute Gasteiger partial charge is 0.463 e. The molecule has 0 radical (unpaired) electrons. The number of hydrogen-bond acceptors (Lipinski definition) is 4. The Hall–Kier alpha value is -3.41. The average Bonchev–Trinajstić information content (AvgIpc) is 3.20. The van der Waals surface area contributed by atoms with E-state index < -0.39 is 0 Å². The number of rotatable bonds is 6. The van der Waals surface area contributed by atoms with Gasteiger partial charge in [0.05, 0.1) is 12.8 Å². The van der Waals surface area contributed by atoms with Gasteiger partial charge in [0.15, 0.2) is 5.76 Å². The molecule has 6 nitrogen and oxygen atoms in total. The molecule has 0 saturated heterocycles. The molecule has 2 amide bonds. The van der Waals surface area contributed by atoms with Gasteiger partial charge in [0.1, 0.15) is 5.69 Å². The van der Waals surface area contributed by atoms with E-state index in [-0.39, 0.29) is 18.4 Å². The van der Waals surface area contributed by atoms with Crippen LogP contribution in [0.25, 0.3) is 11.5 Å². The van der Waals surface area contributed by atoms with Crippen LogP contribution in [-0.2, 0) is 11.3 Å². The number of pyridine rings is 1. The van der Waals surface area contributed by atoms with Crippen molar-refractivity contribution in [2.45, 2.75) is 6.54 Å². The van der Waals surface area contributed by atoms with E-state index in [4.69, 9.17) is 4.42 Å². The van der Waals surface area contributed by atoms with Gasteiger partial charge in [-0.25, -0.2) is 0 Å². The number of amides is 2. The van der Waals surface area contributed by atoms with Crippen LogP contribution in [0.5, 0.6) is 0 Å². The van der Waals surface area contributed by atoms with Crippen molar-refractivity contribution >= 4 is 11.8 Å². The summed E-state index contributed by atoms with van der Waals surface area (Å²) in [5, 5.41) is 5.36. The number of furan rings is 1. The second-order valence-electron chi connectivity index (χ2n) is 5.31. The minimum absolute atomic E-state index is 0.0932. The molecule has 3 rings (SSSR count). The SMILES string of the molecule is O=C(CNC(=O)c1ccccc1)NCc1cccnc1-c1ccco1. The third-order valence-corrected chi connectivity index (χ3v) is 3.57. The van der Waals surface area contributed by atoms with Crippen LogP contribution in [-0.4, -0.2) is 23.3 Å². The van der Waals surface area contributed by atoms with Crippen molar-refractivity contribution in [1.82, 2.24) is 15.6 Å². The number of carbonyl (C=O) groups excluding carboxylic acids is 2. The first-order chi connectivity index (χ1) is 12.2. The van der Waals surface area contributed by atoms with Crippen LogP contribution in [0.1, 0.15) is 15.9 Å². The van der Waals surface area contributed by atoms with Crippen LogP contribution in [0.15, 0.2) is 71.5 Å². The van der Waals surface area contributed by atoms with Gasteiger partial charge in [-0.1, -0.05) is 24.3 Å². The molecule has 0 spiro atoms. The lowest BCUT2D eigenvalue weighted by molar-refractivity contribution is -0.120. The number of carbonyl (C=O) groups is 2. The third-order valence-electron chi connectivity index (χ3n) is 3.57. The Morgan fingerprint density at radius 3 is 2.56 bits per heavy atom. The van der Waals surface area contributed by atoms with E-state index in [1.54, 1.807) is 48.9 Å². The molecule has 0 atom stereocenters. The van der Waals surface area contributed by atoms with Crippen molar-refractivity contribution in [3.8, 4) is 11.5 Å². The summed E-state index contributed by atoms with van der Waals surface area (Å²) in [6.07, 6.45) is 3.24.